The molecule has 0 radical (unpaired) electrons. The zero-order valence-electron chi connectivity index (χ0n) is 6.91. The third-order valence-electron chi connectivity index (χ3n) is 2.45. The number of carbonyl (C=O) groups is 1. The van der Waals surface area contributed by atoms with Crippen molar-refractivity contribution in [3.63, 3.8) is 0 Å². The quantitative estimate of drug-likeness (QED) is 0.567. The zero-order chi connectivity index (χ0) is 8.43. The highest BCUT2D eigenvalue weighted by Gasteiger charge is 2.34. The van der Waals surface area contributed by atoms with Crippen molar-refractivity contribution in [3.8, 4) is 0 Å². The molecule has 1 heterocycles. The van der Waals surface area contributed by atoms with E-state index in [-0.39, 0.29) is 5.92 Å². The minimum Gasteiger partial charge on any atom is -0.463 e. The molecular weight excluding hydrogens is 144 g/mol. The SMILES string of the molecule is CCC1COC(=O)C(O)C1C. The first-order valence-corrected chi connectivity index (χ1v) is 4.01. The molecule has 3 heteroatoms. The van der Waals surface area contributed by atoms with E-state index in [0.29, 0.717) is 12.5 Å². The van der Waals surface area contributed by atoms with Crippen LogP contribution in [0.1, 0.15) is 20.3 Å². The van der Waals surface area contributed by atoms with Crippen LogP contribution < -0.4 is 0 Å². The van der Waals surface area contributed by atoms with Crippen molar-refractivity contribution in [2.45, 2.75) is 26.4 Å². The van der Waals surface area contributed by atoms with Gasteiger partial charge in [-0.3, -0.25) is 0 Å². The van der Waals surface area contributed by atoms with Crippen molar-refractivity contribution in [1.82, 2.24) is 0 Å². The Morgan fingerprint density at radius 3 is 2.91 bits per heavy atom. The normalized spacial score (nSPS) is 38.5. The van der Waals surface area contributed by atoms with Gasteiger partial charge >= 0.3 is 5.97 Å². The number of cyclic esters (lactones) is 1. The summed E-state index contributed by atoms with van der Waals surface area (Å²) >= 11 is 0. The molecule has 0 bridgehead atoms. The van der Waals surface area contributed by atoms with Gasteiger partial charge in [0.25, 0.3) is 0 Å². The van der Waals surface area contributed by atoms with Gasteiger partial charge in [0.1, 0.15) is 0 Å². The fourth-order valence-corrected chi connectivity index (χ4v) is 1.39. The smallest absolute Gasteiger partial charge is 0.335 e. The van der Waals surface area contributed by atoms with Gasteiger partial charge in [-0.05, 0) is 18.3 Å². The van der Waals surface area contributed by atoms with Gasteiger partial charge < -0.3 is 9.84 Å². The molecule has 1 N–H and O–H groups in total. The van der Waals surface area contributed by atoms with Gasteiger partial charge in [-0.15, -0.1) is 0 Å². The highest BCUT2D eigenvalue weighted by atomic mass is 16.5. The van der Waals surface area contributed by atoms with Gasteiger partial charge in [0.15, 0.2) is 6.10 Å². The lowest BCUT2D eigenvalue weighted by Gasteiger charge is -2.30. The molecule has 11 heavy (non-hydrogen) atoms. The molecule has 3 atom stereocenters. The molecule has 1 aliphatic heterocycles. The fraction of sp³-hybridized carbons (Fsp3) is 0.875. The maximum absolute atomic E-state index is 10.8. The molecule has 0 saturated carbocycles. The summed E-state index contributed by atoms with van der Waals surface area (Å²) in [6.45, 7) is 4.39. The third-order valence-corrected chi connectivity index (χ3v) is 2.45. The van der Waals surface area contributed by atoms with Crippen LogP contribution in [0.15, 0.2) is 0 Å². The van der Waals surface area contributed by atoms with Crippen LogP contribution in [0.2, 0.25) is 0 Å². The third kappa shape index (κ3) is 1.53. The predicted molar refractivity (Wildman–Crippen MR) is 39.9 cm³/mol. The van der Waals surface area contributed by atoms with E-state index in [0.717, 1.165) is 6.42 Å². The number of aliphatic hydroxyl groups excluding tert-OH is 1. The highest BCUT2D eigenvalue weighted by molar-refractivity contribution is 5.75. The van der Waals surface area contributed by atoms with Crippen LogP contribution in [-0.2, 0) is 9.53 Å². The van der Waals surface area contributed by atoms with Crippen molar-refractivity contribution in [2.24, 2.45) is 11.8 Å². The Bertz CT molecular complexity index is 155. The van der Waals surface area contributed by atoms with Crippen LogP contribution in [0.4, 0.5) is 0 Å². The number of esters is 1. The van der Waals surface area contributed by atoms with Gasteiger partial charge in [-0.2, -0.15) is 0 Å². The van der Waals surface area contributed by atoms with E-state index in [2.05, 4.69) is 0 Å². The van der Waals surface area contributed by atoms with Crippen LogP contribution in [-0.4, -0.2) is 23.8 Å². The van der Waals surface area contributed by atoms with Gasteiger partial charge in [0, 0.05) is 0 Å². The summed E-state index contributed by atoms with van der Waals surface area (Å²) in [7, 11) is 0. The number of hydrogen-bond acceptors (Lipinski definition) is 3. The molecule has 3 nitrogen and oxygen atoms in total. The van der Waals surface area contributed by atoms with Crippen molar-refractivity contribution in [3.05, 3.63) is 0 Å². The van der Waals surface area contributed by atoms with Crippen LogP contribution in [0.5, 0.6) is 0 Å². The summed E-state index contributed by atoms with van der Waals surface area (Å²) in [5, 5.41) is 9.27. The molecule has 1 saturated heterocycles. The second-order valence-electron chi connectivity index (χ2n) is 3.10. The number of aliphatic hydroxyl groups is 1. The molecule has 1 fully saturated rings. The lowest BCUT2D eigenvalue weighted by molar-refractivity contribution is -0.168. The summed E-state index contributed by atoms with van der Waals surface area (Å²) in [6, 6.07) is 0. The summed E-state index contributed by atoms with van der Waals surface area (Å²) in [5.41, 5.74) is 0. The number of carbonyl (C=O) groups excluding carboxylic acids is 1. The summed E-state index contributed by atoms with van der Waals surface area (Å²) in [4.78, 5) is 10.8. The largest absolute Gasteiger partial charge is 0.463 e. The molecule has 64 valence electrons. The molecular formula is C8H14O3. The Morgan fingerprint density at radius 2 is 2.36 bits per heavy atom. The molecule has 0 aromatic rings. The van der Waals surface area contributed by atoms with Crippen LogP contribution in [0.25, 0.3) is 0 Å². The van der Waals surface area contributed by atoms with Crippen LogP contribution >= 0.6 is 0 Å². The lowest BCUT2D eigenvalue weighted by Crippen LogP contribution is -2.41. The molecule has 1 aliphatic rings. The minimum atomic E-state index is -0.909. The standard InChI is InChI=1S/C8H14O3/c1-3-6-4-11-8(10)7(9)5(6)2/h5-7,9H,3-4H2,1-2H3. The molecule has 0 spiro atoms. The predicted octanol–water partition coefficient (Wildman–Crippen LogP) is 0.566. The van der Waals surface area contributed by atoms with E-state index in [4.69, 9.17) is 4.74 Å². The maximum Gasteiger partial charge on any atom is 0.335 e. The Labute approximate surface area is 66.4 Å². The van der Waals surface area contributed by atoms with Crippen LogP contribution in [0.3, 0.4) is 0 Å². The average molecular weight is 158 g/mol. The average Bonchev–Trinajstić information content (AvgIpc) is 2.01. The van der Waals surface area contributed by atoms with Crippen molar-refractivity contribution in [2.75, 3.05) is 6.61 Å². The zero-order valence-corrected chi connectivity index (χ0v) is 6.91. The Morgan fingerprint density at radius 1 is 1.73 bits per heavy atom. The first-order valence-electron chi connectivity index (χ1n) is 4.01. The van der Waals surface area contributed by atoms with Crippen molar-refractivity contribution >= 4 is 5.97 Å². The second kappa shape index (κ2) is 3.22. The fourth-order valence-electron chi connectivity index (χ4n) is 1.39. The van der Waals surface area contributed by atoms with E-state index in [1.807, 2.05) is 13.8 Å². The molecule has 0 aromatic carbocycles. The summed E-state index contributed by atoms with van der Waals surface area (Å²) < 4.78 is 4.78. The first-order chi connectivity index (χ1) is 5.16. The molecule has 0 amide bonds. The van der Waals surface area contributed by atoms with Crippen molar-refractivity contribution < 1.29 is 14.6 Å². The van der Waals surface area contributed by atoms with Gasteiger partial charge in [-0.25, -0.2) is 4.79 Å². The molecule has 3 unspecified atom stereocenters. The Hall–Kier alpha value is -0.570. The van der Waals surface area contributed by atoms with E-state index in [1.165, 1.54) is 0 Å². The molecule has 1 rings (SSSR count). The molecule has 0 aromatic heterocycles. The number of rotatable bonds is 1. The van der Waals surface area contributed by atoms with E-state index >= 15 is 0 Å². The molecule has 0 aliphatic carbocycles. The monoisotopic (exact) mass is 158 g/mol. The Balaban J connectivity index is 2.59. The topological polar surface area (TPSA) is 46.5 Å². The van der Waals surface area contributed by atoms with Crippen LogP contribution in [0, 0.1) is 11.8 Å². The van der Waals surface area contributed by atoms with Crippen molar-refractivity contribution in [1.29, 1.82) is 0 Å². The van der Waals surface area contributed by atoms with Gasteiger partial charge in [-0.1, -0.05) is 13.8 Å². The second-order valence-corrected chi connectivity index (χ2v) is 3.10. The van der Waals surface area contributed by atoms with E-state index < -0.39 is 12.1 Å². The van der Waals surface area contributed by atoms with E-state index in [1.54, 1.807) is 0 Å². The summed E-state index contributed by atoms with van der Waals surface area (Å²) in [5.74, 6) is -0.105. The first kappa shape index (κ1) is 8.53. The lowest BCUT2D eigenvalue weighted by atomic mass is 9.86. The number of hydrogen-bond donors (Lipinski definition) is 1. The number of ether oxygens (including phenoxy) is 1. The minimum absolute atomic E-state index is 0.0428. The van der Waals surface area contributed by atoms with Gasteiger partial charge in [0.05, 0.1) is 6.61 Å². The van der Waals surface area contributed by atoms with Gasteiger partial charge in [0.2, 0.25) is 0 Å². The van der Waals surface area contributed by atoms with E-state index in [9.17, 15) is 9.90 Å². The maximum atomic E-state index is 10.8. The highest BCUT2D eigenvalue weighted by Crippen LogP contribution is 2.24. The summed E-state index contributed by atoms with van der Waals surface area (Å²) in [6.07, 6.45) is 0.0413. The Kier molecular flexibility index (Phi) is 2.49.